The predicted octanol–water partition coefficient (Wildman–Crippen LogP) is 3.21. The van der Waals surface area contributed by atoms with E-state index in [-0.39, 0.29) is 0 Å². The molecule has 1 spiro atoms. The summed E-state index contributed by atoms with van der Waals surface area (Å²) in [5.74, 6) is 1.05. The monoisotopic (exact) mass is 337 g/mol. The fourth-order valence-corrected chi connectivity index (χ4v) is 3.96. The summed E-state index contributed by atoms with van der Waals surface area (Å²) < 4.78 is 1.91. The van der Waals surface area contributed by atoms with Gasteiger partial charge in [0.25, 0.3) is 0 Å². The zero-order valence-corrected chi connectivity index (χ0v) is 15.0. The van der Waals surface area contributed by atoms with E-state index >= 15 is 0 Å². The van der Waals surface area contributed by atoms with Crippen molar-refractivity contribution in [2.45, 2.75) is 39.2 Å². The molecule has 1 aromatic carbocycles. The summed E-state index contributed by atoms with van der Waals surface area (Å²) in [6.07, 6.45) is 9.50. The molecule has 0 radical (unpaired) electrons. The molecule has 5 heteroatoms. The number of hydrogen-bond acceptors (Lipinski definition) is 2. The molecule has 1 aliphatic carbocycles. The van der Waals surface area contributed by atoms with E-state index in [1.807, 2.05) is 29.1 Å². The Morgan fingerprint density at radius 2 is 2.08 bits per heavy atom. The number of hydrogen-bond donors (Lipinski definition) is 1. The molecule has 132 valence electrons. The second-order valence-corrected chi connectivity index (χ2v) is 7.32. The Balaban J connectivity index is 1.44. The van der Waals surface area contributed by atoms with Crippen molar-refractivity contribution in [3.63, 3.8) is 0 Å². The van der Waals surface area contributed by atoms with Crippen molar-refractivity contribution in [1.82, 2.24) is 20.0 Å². The molecular formula is C20H27N5. The highest BCUT2D eigenvalue weighted by atomic mass is 15.3. The van der Waals surface area contributed by atoms with Crippen molar-refractivity contribution in [3.8, 4) is 5.69 Å². The van der Waals surface area contributed by atoms with Gasteiger partial charge < -0.3 is 10.2 Å². The number of aromatic nitrogens is 2. The minimum atomic E-state index is 0.592. The number of nitrogens with zero attached hydrogens (tertiary/aromatic N) is 4. The SMILES string of the molecule is CCNC(=NCc1cnn(-c2ccccc2)c1)N1CCC2(CCC2)C1. The first-order valence-electron chi connectivity index (χ1n) is 9.40. The van der Waals surface area contributed by atoms with Crippen LogP contribution in [-0.4, -0.2) is 40.3 Å². The van der Waals surface area contributed by atoms with Crippen LogP contribution < -0.4 is 5.32 Å². The number of likely N-dealkylation sites (tertiary alicyclic amines) is 1. The largest absolute Gasteiger partial charge is 0.357 e. The molecule has 5 nitrogen and oxygen atoms in total. The first-order chi connectivity index (χ1) is 12.3. The molecule has 1 saturated heterocycles. The average molecular weight is 337 g/mol. The maximum absolute atomic E-state index is 4.87. The molecule has 1 aromatic heterocycles. The third-order valence-electron chi connectivity index (χ3n) is 5.56. The van der Waals surface area contributed by atoms with E-state index in [9.17, 15) is 0 Å². The second kappa shape index (κ2) is 6.90. The highest BCUT2D eigenvalue weighted by Crippen LogP contribution is 2.47. The number of aliphatic imine (C=N–C) groups is 1. The lowest BCUT2D eigenvalue weighted by atomic mass is 9.68. The lowest BCUT2D eigenvalue weighted by Crippen LogP contribution is -2.42. The summed E-state index contributed by atoms with van der Waals surface area (Å²) in [5, 5.41) is 7.93. The van der Waals surface area contributed by atoms with E-state index < -0.39 is 0 Å². The molecule has 0 unspecified atom stereocenters. The molecule has 1 N–H and O–H groups in total. The van der Waals surface area contributed by atoms with E-state index in [0.29, 0.717) is 12.0 Å². The molecule has 1 saturated carbocycles. The van der Waals surface area contributed by atoms with Gasteiger partial charge >= 0.3 is 0 Å². The minimum absolute atomic E-state index is 0.592. The number of benzene rings is 1. The molecule has 0 atom stereocenters. The van der Waals surface area contributed by atoms with Crippen LogP contribution in [0.2, 0.25) is 0 Å². The number of nitrogens with one attached hydrogen (secondary N) is 1. The summed E-state index contributed by atoms with van der Waals surface area (Å²) in [7, 11) is 0. The van der Waals surface area contributed by atoms with Gasteiger partial charge in [-0.05, 0) is 43.7 Å². The maximum atomic E-state index is 4.87. The lowest BCUT2D eigenvalue weighted by molar-refractivity contribution is 0.151. The fourth-order valence-electron chi connectivity index (χ4n) is 3.96. The van der Waals surface area contributed by atoms with E-state index in [4.69, 9.17) is 4.99 Å². The topological polar surface area (TPSA) is 45.5 Å². The Kier molecular flexibility index (Phi) is 4.47. The van der Waals surface area contributed by atoms with Crippen LogP contribution in [0.1, 0.15) is 38.2 Å². The van der Waals surface area contributed by atoms with E-state index in [0.717, 1.165) is 30.3 Å². The van der Waals surface area contributed by atoms with Gasteiger partial charge in [0.05, 0.1) is 18.4 Å². The van der Waals surface area contributed by atoms with Gasteiger partial charge in [-0.15, -0.1) is 0 Å². The first-order valence-corrected chi connectivity index (χ1v) is 9.40. The van der Waals surface area contributed by atoms with Crippen LogP contribution in [0, 0.1) is 5.41 Å². The van der Waals surface area contributed by atoms with Crippen molar-refractivity contribution in [2.24, 2.45) is 10.4 Å². The Bertz CT molecular complexity index is 730. The van der Waals surface area contributed by atoms with Gasteiger partial charge in [-0.25, -0.2) is 9.67 Å². The van der Waals surface area contributed by atoms with Gasteiger partial charge in [0, 0.05) is 31.4 Å². The highest BCUT2D eigenvalue weighted by Gasteiger charge is 2.43. The molecule has 0 amide bonds. The van der Waals surface area contributed by atoms with Gasteiger partial charge in [-0.3, -0.25) is 0 Å². The number of guanidine groups is 1. The molecular weight excluding hydrogens is 310 g/mol. The summed E-state index contributed by atoms with van der Waals surface area (Å²) in [6, 6.07) is 10.2. The molecule has 1 aliphatic heterocycles. The van der Waals surface area contributed by atoms with Crippen LogP contribution in [-0.2, 0) is 6.54 Å². The summed E-state index contributed by atoms with van der Waals surface area (Å²) in [6.45, 7) is 6.01. The lowest BCUT2D eigenvalue weighted by Gasteiger charge is -2.38. The highest BCUT2D eigenvalue weighted by molar-refractivity contribution is 5.80. The van der Waals surface area contributed by atoms with Gasteiger partial charge in [-0.2, -0.15) is 5.10 Å². The summed E-state index contributed by atoms with van der Waals surface area (Å²) in [5.41, 5.74) is 2.81. The fraction of sp³-hybridized carbons (Fsp3) is 0.500. The average Bonchev–Trinajstić information content (AvgIpc) is 3.26. The number of para-hydroxylation sites is 1. The van der Waals surface area contributed by atoms with Crippen molar-refractivity contribution >= 4 is 5.96 Å². The Labute approximate surface area is 149 Å². The third-order valence-corrected chi connectivity index (χ3v) is 5.56. The predicted molar refractivity (Wildman–Crippen MR) is 101 cm³/mol. The Hall–Kier alpha value is -2.30. The Morgan fingerprint density at radius 3 is 2.76 bits per heavy atom. The van der Waals surface area contributed by atoms with Crippen molar-refractivity contribution in [1.29, 1.82) is 0 Å². The molecule has 2 heterocycles. The normalized spacial score (nSPS) is 19.2. The van der Waals surface area contributed by atoms with Gasteiger partial charge in [0.2, 0.25) is 0 Å². The molecule has 25 heavy (non-hydrogen) atoms. The van der Waals surface area contributed by atoms with Crippen LogP contribution in [0.5, 0.6) is 0 Å². The quantitative estimate of drug-likeness (QED) is 0.688. The summed E-state index contributed by atoms with van der Waals surface area (Å²) >= 11 is 0. The van der Waals surface area contributed by atoms with Crippen LogP contribution >= 0.6 is 0 Å². The molecule has 0 bridgehead atoms. The maximum Gasteiger partial charge on any atom is 0.194 e. The van der Waals surface area contributed by atoms with E-state index in [2.05, 4.69) is 40.6 Å². The van der Waals surface area contributed by atoms with Crippen LogP contribution in [0.15, 0.2) is 47.7 Å². The summed E-state index contributed by atoms with van der Waals surface area (Å²) in [4.78, 5) is 7.32. The first kappa shape index (κ1) is 16.2. The standard InChI is InChI=1S/C20H27N5/c1-2-21-19(24-12-11-20(16-24)9-6-10-20)22-13-17-14-23-25(15-17)18-7-4-3-5-8-18/h3-5,7-8,14-15H,2,6,9-13,16H2,1H3,(H,21,22). The van der Waals surface area contributed by atoms with Gasteiger partial charge in [0.15, 0.2) is 5.96 Å². The second-order valence-electron chi connectivity index (χ2n) is 7.32. The number of rotatable bonds is 4. The minimum Gasteiger partial charge on any atom is -0.357 e. The van der Waals surface area contributed by atoms with Crippen molar-refractivity contribution in [3.05, 3.63) is 48.3 Å². The van der Waals surface area contributed by atoms with Crippen LogP contribution in [0.4, 0.5) is 0 Å². The molecule has 2 aliphatic rings. The van der Waals surface area contributed by atoms with Crippen LogP contribution in [0.3, 0.4) is 0 Å². The van der Waals surface area contributed by atoms with E-state index in [1.165, 1.54) is 32.2 Å². The Morgan fingerprint density at radius 1 is 1.24 bits per heavy atom. The van der Waals surface area contributed by atoms with Crippen molar-refractivity contribution in [2.75, 3.05) is 19.6 Å². The molecule has 2 aromatic rings. The zero-order valence-electron chi connectivity index (χ0n) is 15.0. The van der Waals surface area contributed by atoms with Crippen LogP contribution in [0.25, 0.3) is 5.69 Å². The van der Waals surface area contributed by atoms with Gasteiger partial charge in [-0.1, -0.05) is 24.6 Å². The molecule has 4 rings (SSSR count). The molecule has 2 fully saturated rings. The van der Waals surface area contributed by atoms with Crippen molar-refractivity contribution < 1.29 is 0 Å². The zero-order chi connectivity index (χ0) is 17.1. The smallest absolute Gasteiger partial charge is 0.194 e. The van der Waals surface area contributed by atoms with Gasteiger partial charge in [0.1, 0.15) is 0 Å². The van der Waals surface area contributed by atoms with E-state index in [1.54, 1.807) is 0 Å². The third kappa shape index (κ3) is 3.41.